The lowest BCUT2D eigenvalue weighted by Gasteiger charge is -2.21. The third kappa shape index (κ3) is 5.92. The third-order valence-electron chi connectivity index (χ3n) is 4.98. The molecule has 34 heavy (non-hydrogen) atoms. The molecule has 0 aliphatic rings. The number of alkyl halides is 3. The molecular weight excluding hydrogens is 491 g/mol. The van der Waals surface area contributed by atoms with Gasteiger partial charge in [-0.15, -0.1) is 11.3 Å². The van der Waals surface area contributed by atoms with Gasteiger partial charge in [-0.1, -0.05) is 56.6 Å². The van der Waals surface area contributed by atoms with Crippen LogP contribution in [0, 0.1) is 10.1 Å². The number of nitrogens with one attached hydrogen (secondary N) is 1. The topological polar surface area (TPSA) is 85.1 Å². The monoisotopic (exact) mass is 511 g/mol. The third-order valence-corrected chi connectivity index (χ3v) is 6.32. The molecule has 0 fully saturated rings. The molecule has 180 valence electrons. The van der Waals surface area contributed by atoms with E-state index in [1.54, 1.807) is 24.3 Å². The summed E-state index contributed by atoms with van der Waals surface area (Å²) in [6, 6.07) is 11.1. The summed E-state index contributed by atoms with van der Waals surface area (Å²) in [4.78, 5) is 28.8. The van der Waals surface area contributed by atoms with E-state index in [4.69, 9.17) is 11.6 Å². The average Bonchev–Trinajstić information content (AvgIpc) is 3.16. The van der Waals surface area contributed by atoms with Gasteiger partial charge in [0.25, 0.3) is 5.91 Å². The highest BCUT2D eigenvalue weighted by Crippen LogP contribution is 2.40. The summed E-state index contributed by atoms with van der Waals surface area (Å²) >= 11 is 6.98. The molecular formula is C23H21ClF3N3O3S. The predicted molar refractivity (Wildman–Crippen MR) is 125 cm³/mol. The number of nitrogens with zero attached hydrogens (tertiary/aromatic N) is 2. The number of hydrogen-bond acceptors (Lipinski definition) is 5. The van der Waals surface area contributed by atoms with Gasteiger partial charge in [-0.3, -0.25) is 20.2 Å². The largest absolute Gasteiger partial charge is 0.417 e. The van der Waals surface area contributed by atoms with Gasteiger partial charge in [0.15, 0.2) is 5.13 Å². The first-order chi connectivity index (χ1) is 15.8. The average molecular weight is 512 g/mol. The molecule has 0 radical (unpaired) electrons. The highest BCUT2D eigenvalue weighted by atomic mass is 35.5. The summed E-state index contributed by atoms with van der Waals surface area (Å²) in [5.41, 5.74) is -1.01. The molecule has 1 N–H and O–H groups in total. The van der Waals surface area contributed by atoms with Gasteiger partial charge in [-0.25, -0.2) is 4.98 Å². The number of thiazole rings is 1. The van der Waals surface area contributed by atoms with Gasteiger partial charge in [-0.05, 0) is 29.8 Å². The number of anilines is 1. The predicted octanol–water partition coefficient (Wildman–Crippen LogP) is 6.77. The molecule has 0 aliphatic heterocycles. The molecule has 6 nitrogen and oxygen atoms in total. The van der Waals surface area contributed by atoms with Gasteiger partial charge in [-0.2, -0.15) is 13.2 Å². The molecule has 1 aromatic heterocycles. The van der Waals surface area contributed by atoms with Crippen LogP contribution in [0.4, 0.5) is 18.3 Å². The zero-order valence-corrected chi connectivity index (χ0v) is 20.0. The van der Waals surface area contributed by atoms with Crippen molar-refractivity contribution in [3.63, 3.8) is 0 Å². The number of hydrogen-bond donors (Lipinski definition) is 1. The van der Waals surface area contributed by atoms with Crippen molar-refractivity contribution in [3.05, 3.63) is 90.9 Å². The van der Waals surface area contributed by atoms with Crippen LogP contribution in [0.25, 0.3) is 0 Å². The van der Waals surface area contributed by atoms with Crippen LogP contribution >= 0.6 is 22.9 Å². The number of nitro groups is 1. The minimum Gasteiger partial charge on any atom is -0.298 e. The zero-order valence-electron chi connectivity index (χ0n) is 18.4. The fourth-order valence-corrected chi connectivity index (χ4v) is 4.85. The Morgan fingerprint density at radius 3 is 2.32 bits per heavy atom. The molecule has 1 amide bonds. The molecule has 1 heterocycles. The molecule has 11 heteroatoms. The molecule has 2 aromatic carbocycles. The molecule has 0 spiro atoms. The minimum atomic E-state index is -4.70. The molecule has 0 saturated heterocycles. The van der Waals surface area contributed by atoms with Gasteiger partial charge in [0.05, 0.1) is 22.7 Å². The van der Waals surface area contributed by atoms with E-state index >= 15 is 0 Å². The highest BCUT2D eigenvalue weighted by molar-refractivity contribution is 7.16. The van der Waals surface area contributed by atoms with Gasteiger partial charge in [0.2, 0.25) is 6.54 Å². The Kier molecular flexibility index (Phi) is 7.32. The summed E-state index contributed by atoms with van der Waals surface area (Å²) in [5, 5.41) is 14.5. The van der Waals surface area contributed by atoms with Crippen molar-refractivity contribution >= 4 is 34.0 Å². The Morgan fingerprint density at radius 2 is 1.76 bits per heavy atom. The maximum atomic E-state index is 13.3. The molecule has 0 bridgehead atoms. The van der Waals surface area contributed by atoms with Gasteiger partial charge >= 0.3 is 6.18 Å². The number of rotatable bonds is 6. The summed E-state index contributed by atoms with van der Waals surface area (Å²) in [6.45, 7) is 5.15. The summed E-state index contributed by atoms with van der Waals surface area (Å²) in [7, 11) is 0. The fourth-order valence-electron chi connectivity index (χ4n) is 3.44. The van der Waals surface area contributed by atoms with Crippen LogP contribution in [-0.4, -0.2) is 22.4 Å². The van der Waals surface area contributed by atoms with Gasteiger partial charge in [0, 0.05) is 20.2 Å². The van der Waals surface area contributed by atoms with Crippen LogP contribution in [0.5, 0.6) is 0 Å². The Morgan fingerprint density at radius 1 is 1.15 bits per heavy atom. The Balaban J connectivity index is 2.05. The van der Waals surface area contributed by atoms with E-state index in [0.29, 0.717) is 21.2 Å². The first-order valence-corrected chi connectivity index (χ1v) is 11.3. The zero-order chi connectivity index (χ0) is 25.3. The molecule has 0 saturated carbocycles. The number of aromatic nitrogens is 1. The van der Waals surface area contributed by atoms with E-state index in [0.717, 1.165) is 23.5 Å². The molecule has 1 atom stereocenters. The number of halogens is 4. The van der Waals surface area contributed by atoms with Crippen molar-refractivity contribution in [2.24, 2.45) is 0 Å². The first-order valence-electron chi connectivity index (χ1n) is 10.1. The van der Waals surface area contributed by atoms with Gasteiger partial charge in [0.1, 0.15) is 0 Å². The maximum Gasteiger partial charge on any atom is 0.417 e. The summed E-state index contributed by atoms with van der Waals surface area (Å²) in [6.07, 6.45) is -4.70. The fraction of sp³-hybridized carbons (Fsp3) is 0.304. The van der Waals surface area contributed by atoms with E-state index in [2.05, 4.69) is 10.3 Å². The standard InChI is InChI=1S/C23H21ClF3N3O3S/c1-22(2,3)19-18(16(12-30(32)33)13-8-10-14(24)11-9-13)34-21(28-19)29-20(31)15-6-4-5-7-17(15)23(25,26)27/h4-11,16H,12H2,1-3H3,(H,28,29,31). The van der Waals surface area contributed by atoms with E-state index in [9.17, 15) is 28.1 Å². The van der Waals surface area contributed by atoms with E-state index < -0.39 is 46.0 Å². The maximum absolute atomic E-state index is 13.3. The van der Waals surface area contributed by atoms with E-state index in [1.807, 2.05) is 20.8 Å². The van der Waals surface area contributed by atoms with Crippen LogP contribution in [0.15, 0.2) is 48.5 Å². The Hall–Kier alpha value is -2.98. The lowest BCUT2D eigenvalue weighted by Crippen LogP contribution is -2.20. The molecule has 3 rings (SSSR count). The number of carbonyl (C=O) groups is 1. The van der Waals surface area contributed by atoms with Crippen molar-refractivity contribution < 1.29 is 22.9 Å². The van der Waals surface area contributed by atoms with Crippen molar-refractivity contribution in [2.75, 3.05) is 11.9 Å². The van der Waals surface area contributed by atoms with Gasteiger partial charge < -0.3 is 0 Å². The van der Waals surface area contributed by atoms with Crippen molar-refractivity contribution in [1.82, 2.24) is 4.98 Å². The van der Waals surface area contributed by atoms with Crippen LogP contribution in [0.1, 0.15) is 58.7 Å². The first kappa shape index (κ1) is 25.6. The molecule has 3 aromatic rings. The second kappa shape index (κ2) is 9.71. The highest BCUT2D eigenvalue weighted by Gasteiger charge is 2.36. The number of amides is 1. The minimum absolute atomic E-state index is 0.0595. The number of benzene rings is 2. The second-order valence-corrected chi connectivity index (χ2v) is 10.1. The van der Waals surface area contributed by atoms with E-state index in [-0.39, 0.29) is 5.13 Å². The summed E-state index contributed by atoms with van der Waals surface area (Å²) < 4.78 is 40.0. The lowest BCUT2D eigenvalue weighted by molar-refractivity contribution is -0.481. The lowest BCUT2D eigenvalue weighted by atomic mass is 9.86. The van der Waals surface area contributed by atoms with Crippen molar-refractivity contribution in [1.29, 1.82) is 0 Å². The Bertz CT molecular complexity index is 1200. The van der Waals surface area contributed by atoms with Crippen LogP contribution < -0.4 is 5.32 Å². The normalized spacial score (nSPS) is 12.9. The van der Waals surface area contributed by atoms with Crippen LogP contribution in [0.2, 0.25) is 5.02 Å². The molecule has 0 aliphatic carbocycles. The smallest absolute Gasteiger partial charge is 0.298 e. The number of carbonyl (C=O) groups excluding carboxylic acids is 1. The van der Waals surface area contributed by atoms with Crippen molar-refractivity contribution in [2.45, 2.75) is 38.3 Å². The quantitative estimate of drug-likeness (QED) is 0.292. The van der Waals surface area contributed by atoms with Crippen molar-refractivity contribution in [3.8, 4) is 0 Å². The SMILES string of the molecule is CC(C)(C)c1nc(NC(=O)c2ccccc2C(F)(F)F)sc1C(C[N+](=O)[O-])c1ccc(Cl)cc1. The van der Waals surface area contributed by atoms with E-state index in [1.165, 1.54) is 12.1 Å². The second-order valence-electron chi connectivity index (χ2n) is 8.60. The van der Waals surface area contributed by atoms with Crippen LogP contribution in [-0.2, 0) is 11.6 Å². The van der Waals surface area contributed by atoms with Crippen LogP contribution in [0.3, 0.4) is 0 Å². The molecule has 1 unspecified atom stereocenters. The summed E-state index contributed by atoms with van der Waals surface area (Å²) in [5.74, 6) is -1.65. The Labute approximate surface area is 202 Å².